The number of hydrogen-bond acceptors (Lipinski definition) is 5. The minimum Gasteiger partial charge on any atom is -0.378 e. The van der Waals surface area contributed by atoms with E-state index in [9.17, 15) is 9.18 Å². The molecule has 1 N–H and O–H groups in total. The average Bonchev–Trinajstić information content (AvgIpc) is 3.11. The van der Waals surface area contributed by atoms with Crippen molar-refractivity contribution in [3.8, 4) is 0 Å². The molecule has 2 fully saturated rings. The molecule has 2 aromatic rings. The summed E-state index contributed by atoms with van der Waals surface area (Å²) in [6.07, 6.45) is 3.63. The lowest BCUT2D eigenvalue weighted by Gasteiger charge is -2.39. The van der Waals surface area contributed by atoms with Gasteiger partial charge in [0.1, 0.15) is 5.82 Å². The Morgan fingerprint density at radius 1 is 1.17 bits per heavy atom. The van der Waals surface area contributed by atoms with E-state index in [1.54, 1.807) is 12.1 Å². The minimum absolute atomic E-state index is 0.00373. The molecule has 8 heteroatoms. The molecule has 0 unspecified atom stereocenters. The Hall–Kier alpha value is -1.96. The predicted molar refractivity (Wildman–Crippen MR) is 114 cm³/mol. The normalized spacial score (nSPS) is 21.2. The zero-order chi connectivity index (χ0) is 20.7. The number of morpholine rings is 1. The molecule has 1 aromatic carbocycles. The van der Waals surface area contributed by atoms with Gasteiger partial charge in [-0.05, 0) is 50.9 Å². The molecule has 0 bridgehead atoms. The minimum atomic E-state index is -0.252. The van der Waals surface area contributed by atoms with Crippen LogP contribution < -0.4 is 10.5 Å². The average molecular weight is 433 g/mol. The van der Waals surface area contributed by atoms with E-state index in [0.29, 0.717) is 36.3 Å². The molecule has 3 heterocycles. The first-order chi connectivity index (χ1) is 14.5. The lowest BCUT2D eigenvalue weighted by atomic mass is 9.76. The molecule has 0 saturated carbocycles. The molecule has 3 aliphatic rings. The summed E-state index contributed by atoms with van der Waals surface area (Å²) in [7, 11) is 0. The maximum atomic E-state index is 14.2. The third-order valence-corrected chi connectivity index (χ3v) is 7.13. The monoisotopic (exact) mass is 432 g/mol. The van der Waals surface area contributed by atoms with Gasteiger partial charge < -0.3 is 9.64 Å². The lowest BCUT2D eigenvalue weighted by Crippen LogP contribution is -2.43. The molecule has 0 atom stereocenters. The number of hydrogen-bond donors (Lipinski definition) is 1. The van der Waals surface area contributed by atoms with Crippen molar-refractivity contribution in [3.05, 3.63) is 56.2 Å². The van der Waals surface area contributed by atoms with Crippen molar-refractivity contribution in [2.45, 2.75) is 37.6 Å². The standard InChI is InChI=1S/C22H26ClFN4O2/c23-16-2-1-15(18(24)13-16)14-27-7-5-22(6-8-27)4-3-17-19(22)25-21(26-20(17)29)28-9-11-30-12-10-28/h1-2,13H,3-12,14H2,(H,25,26,29). The largest absolute Gasteiger partial charge is 0.378 e. The van der Waals surface area contributed by atoms with Crippen LogP contribution >= 0.6 is 11.6 Å². The van der Waals surface area contributed by atoms with E-state index in [1.165, 1.54) is 6.07 Å². The van der Waals surface area contributed by atoms with Crippen molar-refractivity contribution in [1.82, 2.24) is 14.9 Å². The first-order valence-corrected chi connectivity index (χ1v) is 11.0. The van der Waals surface area contributed by atoms with Gasteiger partial charge in [-0.3, -0.25) is 14.7 Å². The molecule has 6 nitrogen and oxygen atoms in total. The summed E-state index contributed by atoms with van der Waals surface area (Å²) >= 11 is 5.87. The Kier molecular flexibility index (Phi) is 5.29. The number of likely N-dealkylation sites (tertiary alicyclic amines) is 1. The van der Waals surface area contributed by atoms with Crippen LogP contribution in [-0.2, 0) is 23.1 Å². The van der Waals surface area contributed by atoms with Gasteiger partial charge in [0, 0.05) is 41.2 Å². The van der Waals surface area contributed by atoms with Crippen molar-refractivity contribution >= 4 is 17.5 Å². The van der Waals surface area contributed by atoms with Crippen LogP contribution in [0.25, 0.3) is 0 Å². The van der Waals surface area contributed by atoms with Crippen molar-refractivity contribution in [1.29, 1.82) is 0 Å². The second kappa shape index (κ2) is 7.94. The number of benzene rings is 1. The van der Waals surface area contributed by atoms with Gasteiger partial charge in [-0.25, -0.2) is 9.37 Å². The maximum Gasteiger partial charge on any atom is 0.255 e. The van der Waals surface area contributed by atoms with Gasteiger partial charge in [-0.1, -0.05) is 17.7 Å². The number of ether oxygens (including phenoxy) is 1. The van der Waals surface area contributed by atoms with Gasteiger partial charge in [0.2, 0.25) is 5.95 Å². The van der Waals surface area contributed by atoms with Crippen LogP contribution in [0, 0.1) is 5.82 Å². The second-order valence-electron chi connectivity index (χ2n) is 8.61. The Balaban J connectivity index is 1.34. The summed E-state index contributed by atoms with van der Waals surface area (Å²) in [4.78, 5) is 25.1. The third-order valence-electron chi connectivity index (χ3n) is 6.89. The van der Waals surface area contributed by atoms with Gasteiger partial charge in [-0.2, -0.15) is 0 Å². The summed E-state index contributed by atoms with van der Waals surface area (Å²) < 4.78 is 19.6. The first-order valence-electron chi connectivity index (χ1n) is 10.7. The number of piperidine rings is 1. The highest BCUT2D eigenvalue weighted by molar-refractivity contribution is 6.30. The van der Waals surface area contributed by atoms with E-state index >= 15 is 0 Å². The van der Waals surface area contributed by atoms with Crippen LogP contribution in [0.5, 0.6) is 0 Å². The molecule has 5 rings (SSSR count). The number of H-pyrrole nitrogens is 1. The number of nitrogens with one attached hydrogen (secondary N) is 1. The molecule has 30 heavy (non-hydrogen) atoms. The maximum absolute atomic E-state index is 14.2. The molecule has 1 spiro atoms. The van der Waals surface area contributed by atoms with E-state index < -0.39 is 0 Å². The van der Waals surface area contributed by atoms with Crippen LogP contribution in [0.15, 0.2) is 23.0 Å². The molecular weight excluding hydrogens is 407 g/mol. The lowest BCUT2D eigenvalue weighted by molar-refractivity contribution is 0.122. The fraction of sp³-hybridized carbons (Fsp3) is 0.545. The molecule has 0 amide bonds. The fourth-order valence-corrected chi connectivity index (χ4v) is 5.24. The number of halogens is 2. The van der Waals surface area contributed by atoms with E-state index in [0.717, 1.165) is 63.1 Å². The molecular formula is C22H26ClFN4O2. The highest BCUT2D eigenvalue weighted by atomic mass is 35.5. The number of anilines is 1. The second-order valence-corrected chi connectivity index (χ2v) is 9.04. The summed E-state index contributed by atoms with van der Waals surface area (Å²) in [5, 5.41) is 0.420. The van der Waals surface area contributed by atoms with E-state index in [4.69, 9.17) is 21.3 Å². The SMILES string of the molecule is O=c1[nH]c(N2CCOCC2)nc2c1CCC21CCN(Cc2ccc(Cl)cc2F)CC1. The van der Waals surface area contributed by atoms with E-state index in [-0.39, 0.29) is 16.8 Å². The zero-order valence-electron chi connectivity index (χ0n) is 16.9. The van der Waals surface area contributed by atoms with Crippen LogP contribution in [-0.4, -0.2) is 54.3 Å². The van der Waals surface area contributed by atoms with Crippen molar-refractivity contribution in [2.24, 2.45) is 0 Å². The van der Waals surface area contributed by atoms with E-state index in [1.807, 2.05) is 0 Å². The Morgan fingerprint density at radius 3 is 2.67 bits per heavy atom. The van der Waals surface area contributed by atoms with Gasteiger partial charge in [0.05, 0.1) is 18.9 Å². The third kappa shape index (κ3) is 3.63. The quantitative estimate of drug-likeness (QED) is 0.808. The van der Waals surface area contributed by atoms with Crippen molar-refractivity contribution in [3.63, 3.8) is 0 Å². The number of aromatic nitrogens is 2. The topological polar surface area (TPSA) is 61.5 Å². The van der Waals surface area contributed by atoms with Crippen molar-refractivity contribution < 1.29 is 9.13 Å². The first kappa shape index (κ1) is 20.0. The highest BCUT2D eigenvalue weighted by Crippen LogP contribution is 2.44. The zero-order valence-corrected chi connectivity index (χ0v) is 17.7. The predicted octanol–water partition coefficient (Wildman–Crippen LogP) is 2.88. The smallest absolute Gasteiger partial charge is 0.255 e. The summed E-state index contributed by atoms with van der Waals surface area (Å²) in [5.74, 6) is 0.423. The van der Waals surface area contributed by atoms with Crippen LogP contribution in [0.3, 0.4) is 0 Å². The molecule has 160 valence electrons. The van der Waals surface area contributed by atoms with E-state index in [2.05, 4.69) is 14.8 Å². The number of nitrogens with zero attached hydrogens (tertiary/aromatic N) is 3. The number of aromatic amines is 1. The number of rotatable bonds is 3. The van der Waals surface area contributed by atoms with Crippen LogP contribution in [0.2, 0.25) is 5.02 Å². The molecule has 1 aromatic heterocycles. The van der Waals surface area contributed by atoms with Crippen molar-refractivity contribution in [2.75, 3.05) is 44.3 Å². The Morgan fingerprint density at radius 2 is 1.93 bits per heavy atom. The summed E-state index contributed by atoms with van der Waals surface area (Å²) in [6, 6.07) is 4.88. The molecule has 0 radical (unpaired) electrons. The number of fused-ring (bicyclic) bond motifs is 2. The van der Waals surface area contributed by atoms with Gasteiger partial charge >= 0.3 is 0 Å². The van der Waals surface area contributed by atoms with Gasteiger partial charge in [0.25, 0.3) is 5.56 Å². The fourth-order valence-electron chi connectivity index (χ4n) is 5.08. The molecule has 1 aliphatic carbocycles. The Labute approximate surface area is 180 Å². The highest BCUT2D eigenvalue weighted by Gasteiger charge is 2.44. The molecule has 2 aliphatic heterocycles. The van der Waals surface area contributed by atoms with Gasteiger partial charge in [0.15, 0.2) is 0 Å². The van der Waals surface area contributed by atoms with Crippen LogP contribution in [0.4, 0.5) is 10.3 Å². The van der Waals surface area contributed by atoms with Crippen LogP contribution in [0.1, 0.15) is 36.1 Å². The summed E-state index contributed by atoms with van der Waals surface area (Å²) in [6.45, 7) is 5.11. The Bertz CT molecular complexity index is 997. The van der Waals surface area contributed by atoms with Gasteiger partial charge in [-0.15, -0.1) is 0 Å². The summed E-state index contributed by atoms with van der Waals surface area (Å²) in [5.41, 5.74) is 2.48. The molecule has 2 saturated heterocycles.